The van der Waals surface area contributed by atoms with Gasteiger partial charge in [0, 0.05) is 6.42 Å². The molecule has 2 unspecified atom stereocenters. The van der Waals surface area contributed by atoms with E-state index in [0.717, 1.165) is 44.9 Å². The number of amides is 1. The number of rotatable bonds is 47. The molecule has 0 fully saturated rings. The van der Waals surface area contributed by atoms with Gasteiger partial charge in [-0.25, -0.2) is 0 Å². The fourth-order valence-corrected chi connectivity index (χ4v) is 7.71. The van der Waals surface area contributed by atoms with Crippen LogP contribution in [0.15, 0.2) is 60.8 Å². The molecule has 0 aliphatic rings. The second-order valence-electron chi connectivity index (χ2n) is 17.6. The van der Waals surface area contributed by atoms with Crippen molar-refractivity contribution in [2.75, 3.05) is 6.61 Å². The van der Waals surface area contributed by atoms with Crippen LogP contribution >= 0.6 is 0 Å². The second-order valence-corrected chi connectivity index (χ2v) is 17.6. The van der Waals surface area contributed by atoms with Crippen LogP contribution in [0.3, 0.4) is 0 Å². The van der Waals surface area contributed by atoms with Crippen molar-refractivity contribution in [3.8, 4) is 0 Å². The zero-order valence-electron chi connectivity index (χ0n) is 39.5. The van der Waals surface area contributed by atoms with E-state index < -0.39 is 12.1 Å². The molecule has 0 heterocycles. The van der Waals surface area contributed by atoms with Crippen molar-refractivity contribution in [2.24, 2.45) is 0 Å². The number of aliphatic hydroxyl groups excluding tert-OH is 2. The van der Waals surface area contributed by atoms with E-state index in [1.54, 1.807) is 6.08 Å². The molecule has 0 radical (unpaired) electrons. The first kappa shape index (κ1) is 57.1. The molecule has 3 N–H and O–H groups in total. The number of nitrogens with one attached hydrogen (secondary N) is 1. The zero-order valence-corrected chi connectivity index (χ0v) is 39.5. The number of carbonyl (C=O) groups excluding carboxylic acids is 1. The first-order chi connectivity index (χ1) is 29.2. The van der Waals surface area contributed by atoms with Gasteiger partial charge in [-0.2, -0.15) is 0 Å². The summed E-state index contributed by atoms with van der Waals surface area (Å²) < 4.78 is 0. The lowest BCUT2D eigenvalue weighted by molar-refractivity contribution is -0.123. The molecule has 0 rings (SSSR count). The van der Waals surface area contributed by atoms with Gasteiger partial charge in [-0.05, 0) is 77.0 Å². The third-order valence-electron chi connectivity index (χ3n) is 11.7. The van der Waals surface area contributed by atoms with Crippen LogP contribution in [0, 0.1) is 0 Å². The standard InChI is InChI=1S/C55H101NO3/c1-3-5-7-9-11-13-15-17-19-20-21-22-23-24-25-26-27-28-29-30-31-32-33-34-35-36-37-39-41-43-45-47-49-51-55(59)56-53(52-57)54(58)50-48-46-44-42-40-38-18-16-14-12-10-8-6-4-2/h14,16,21-22,24-25,40,42,48,50,53-54,57-58H,3-13,15,17-20,23,26-39,41,43-47,49,51-52H2,1-2H3,(H,56,59)/b16-14+,22-21-,25-24-,42-40+,50-48+. The van der Waals surface area contributed by atoms with E-state index in [1.165, 1.54) is 199 Å². The largest absolute Gasteiger partial charge is 0.394 e. The highest BCUT2D eigenvalue weighted by Crippen LogP contribution is 2.16. The monoisotopic (exact) mass is 824 g/mol. The minimum atomic E-state index is -0.870. The SMILES string of the molecule is CCCCCC/C=C/CC/C=C/CC/C=C/C(O)C(CO)NC(=O)CCCCCCCCCCCCCCCCCCC/C=C\C/C=C\CCCCCCCCCCC. The molecule has 0 bridgehead atoms. The maximum absolute atomic E-state index is 12.4. The van der Waals surface area contributed by atoms with Crippen LogP contribution < -0.4 is 5.32 Å². The van der Waals surface area contributed by atoms with E-state index in [9.17, 15) is 15.0 Å². The van der Waals surface area contributed by atoms with Gasteiger partial charge in [0.25, 0.3) is 0 Å². The molecule has 4 nitrogen and oxygen atoms in total. The number of aliphatic hydroxyl groups is 2. The Bertz CT molecular complexity index is 981. The van der Waals surface area contributed by atoms with Crippen LogP contribution in [0.1, 0.15) is 264 Å². The molecule has 1 amide bonds. The fourth-order valence-electron chi connectivity index (χ4n) is 7.71. The highest BCUT2D eigenvalue weighted by molar-refractivity contribution is 5.76. The Morgan fingerprint density at radius 1 is 0.407 bits per heavy atom. The van der Waals surface area contributed by atoms with Crippen molar-refractivity contribution >= 4 is 5.91 Å². The molecule has 0 aromatic rings. The smallest absolute Gasteiger partial charge is 0.220 e. The van der Waals surface area contributed by atoms with Gasteiger partial charge in [0.05, 0.1) is 18.8 Å². The number of hydrogen-bond acceptors (Lipinski definition) is 3. The highest BCUT2D eigenvalue weighted by Gasteiger charge is 2.17. The average molecular weight is 824 g/mol. The average Bonchev–Trinajstić information content (AvgIpc) is 3.24. The summed E-state index contributed by atoms with van der Waals surface area (Å²) in [6.45, 7) is 4.28. The van der Waals surface area contributed by atoms with Crippen LogP contribution in [0.2, 0.25) is 0 Å². The number of hydrogen-bond donors (Lipinski definition) is 3. The predicted octanol–water partition coefficient (Wildman–Crippen LogP) is 16.9. The van der Waals surface area contributed by atoms with Crippen LogP contribution in [-0.2, 0) is 4.79 Å². The predicted molar refractivity (Wildman–Crippen MR) is 262 cm³/mol. The van der Waals surface area contributed by atoms with Crippen LogP contribution in [-0.4, -0.2) is 34.9 Å². The Morgan fingerprint density at radius 2 is 0.712 bits per heavy atom. The van der Waals surface area contributed by atoms with Gasteiger partial charge in [-0.1, -0.05) is 242 Å². The van der Waals surface area contributed by atoms with Crippen LogP contribution in [0.25, 0.3) is 0 Å². The Hall–Kier alpha value is -1.91. The van der Waals surface area contributed by atoms with Crippen molar-refractivity contribution in [3.05, 3.63) is 60.8 Å². The molecule has 344 valence electrons. The number of allylic oxidation sites excluding steroid dienone is 9. The van der Waals surface area contributed by atoms with Gasteiger partial charge in [-0.3, -0.25) is 4.79 Å². The van der Waals surface area contributed by atoms with Crippen molar-refractivity contribution in [1.29, 1.82) is 0 Å². The Labute approximate surface area is 368 Å². The van der Waals surface area contributed by atoms with Gasteiger partial charge >= 0.3 is 0 Å². The van der Waals surface area contributed by atoms with Gasteiger partial charge in [0.15, 0.2) is 0 Å². The summed E-state index contributed by atoms with van der Waals surface area (Å²) in [4.78, 5) is 12.4. The summed E-state index contributed by atoms with van der Waals surface area (Å²) in [6.07, 6.45) is 70.9. The minimum Gasteiger partial charge on any atom is -0.394 e. The maximum atomic E-state index is 12.4. The Balaban J connectivity index is 3.49. The molecular weight excluding hydrogens is 723 g/mol. The van der Waals surface area contributed by atoms with E-state index in [4.69, 9.17) is 0 Å². The Morgan fingerprint density at radius 3 is 1.10 bits per heavy atom. The first-order valence-electron chi connectivity index (χ1n) is 26.0. The topological polar surface area (TPSA) is 69.6 Å². The van der Waals surface area contributed by atoms with Crippen molar-refractivity contribution in [1.82, 2.24) is 5.32 Å². The second kappa shape index (κ2) is 50.4. The Kier molecular flexibility index (Phi) is 48.8. The van der Waals surface area contributed by atoms with Gasteiger partial charge < -0.3 is 15.5 Å². The zero-order chi connectivity index (χ0) is 42.8. The van der Waals surface area contributed by atoms with Crippen molar-refractivity contribution in [3.63, 3.8) is 0 Å². The lowest BCUT2D eigenvalue weighted by atomic mass is 10.0. The molecule has 0 aromatic heterocycles. The quantitative estimate of drug-likeness (QED) is 0.0423. The van der Waals surface area contributed by atoms with E-state index >= 15 is 0 Å². The normalized spacial score (nSPS) is 13.4. The molecule has 0 aliphatic carbocycles. The van der Waals surface area contributed by atoms with E-state index in [-0.39, 0.29) is 12.5 Å². The van der Waals surface area contributed by atoms with Gasteiger partial charge in [0.2, 0.25) is 5.91 Å². The summed E-state index contributed by atoms with van der Waals surface area (Å²) in [5.41, 5.74) is 0. The van der Waals surface area contributed by atoms with Crippen LogP contribution in [0.4, 0.5) is 0 Å². The molecule has 0 aliphatic heterocycles. The summed E-state index contributed by atoms with van der Waals surface area (Å²) in [6, 6.07) is -0.646. The molecular formula is C55H101NO3. The summed E-state index contributed by atoms with van der Waals surface area (Å²) in [5.74, 6) is -0.0777. The molecule has 59 heavy (non-hydrogen) atoms. The third kappa shape index (κ3) is 47.0. The van der Waals surface area contributed by atoms with Crippen LogP contribution in [0.5, 0.6) is 0 Å². The molecule has 0 saturated heterocycles. The minimum absolute atomic E-state index is 0.0777. The van der Waals surface area contributed by atoms with E-state index in [2.05, 4.69) is 67.8 Å². The summed E-state index contributed by atoms with van der Waals surface area (Å²) >= 11 is 0. The molecule has 0 aromatic carbocycles. The van der Waals surface area contributed by atoms with Gasteiger partial charge in [0.1, 0.15) is 0 Å². The fraction of sp³-hybridized carbons (Fsp3) is 0.800. The van der Waals surface area contributed by atoms with E-state index in [0.29, 0.717) is 6.42 Å². The third-order valence-corrected chi connectivity index (χ3v) is 11.7. The molecule has 2 atom stereocenters. The van der Waals surface area contributed by atoms with E-state index in [1.807, 2.05) is 6.08 Å². The molecule has 4 heteroatoms. The van der Waals surface area contributed by atoms with Crippen molar-refractivity contribution < 1.29 is 15.0 Å². The molecule has 0 saturated carbocycles. The van der Waals surface area contributed by atoms with Crippen molar-refractivity contribution in [2.45, 2.75) is 276 Å². The number of carbonyl (C=O) groups is 1. The first-order valence-corrected chi connectivity index (χ1v) is 26.0. The lowest BCUT2D eigenvalue weighted by Gasteiger charge is -2.19. The summed E-state index contributed by atoms with van der Waals surface area (Å²) in [7, 11) is 0. The van der Waals surface area contributed by atoms with Gasteiger partial charge in [-0.15, -0.1) is 0 Å². The lowest BCUT2D eigenvalue weighted by Crippen LogP contribution is -2.45. The number of unbranched alkanes of at least 4 members (excludes halogenated alkanes) is 32. The highest BCUT2D eigenvalue weighted by atomic mass is 16.3. The summed E-state index contributed by atoms with van der Waals surface area (Å²) in [5, 5.41) is 23.0. The maximum Gasteiger partial charge on any atom is 0.220 e. The molecule has 0 spiro atoms.